The molecular weight excluding hydrogens is 493 g/mol. The van der Waals surface area contributed by atoms with E-state index in [1.807, 2.05) is 6.07 Å². The normalized spacial score (nSPS) is 10.3. The number of aromatic nitrogens is 1. The zero-order valence-corrected chi connectivity index (χ0v) is 19.4. The Morgan fingerprint density at radius 1 is 1.15 bits per heavy atom. The molecule has 0 fully saturated rings. The number of nitriles is 1. The summed E-state index contributed by atoms with van der Waals surface area (Å²) in [6, 6.07) is 9.62. The van der Waals surface area contributed by atoms with Crippen molar-refractivity contribution in [2.45, 2.75) is 13.8 Å². The fraction of sp³-hybridized carbons (Fsp3) is 0.0909. The van der Waals surface area contributed by atoms with Crippen LogP contribution in [0.25, 0.3) is 0 Å². The van der Waals surface area contributed by atoms with E-state index in [-0.39, 0.29) is 38.0 Å². The molecule has 0 atom stereocenters. The quantitative estimate of drug-likeness (QED) is 0.417. The van der Waals surface area contributed by atoms with Gasteiger partial charge in [-0.15, -0.1) is 0 Å². The van der Waals surface area contributed by atoms with Gasteiger partial charge in [0.05, 0.1) is 10.0 Å². The van der Waals surface area contributed by atoms with Crippen molar-refractivity contribution in [2.75, 3.05) is 5.32 Å². The number of nitrogens with zero attached hydrogens (tertiary/aromatic N) is 2. The third-order valence-corrected chi connectivity index (χ3v) is 5.06. The van der Waals surface area contributed by atoms with Crippen LogP contribution >= 0.6 is 35.4 Å². The number of aryl methyl sites for hydroxylation is 2. The summed E-state index contributed by atoms with van der Waals surface area (Å²) in [7, 11) is 0. The second-order valence-corrected chi connectivity index (χ2v) is 7.97. The number of carbonyl (C=O) groups excluding carboxylic acids is 1. The summed E-state index contributed by atoms with van der Waals surface area (Å²) >= 11 is 17.6. The SMILES string of the molecule is Cc1cc(C)c(C#N)c(Oc2c(Cl)cc(NC(=S)NC(=O)c3c(F)cccc3F)cc2Cl)n1. The van der Waals surface area contributed by atoms with Gasteiger partial charge >= 0.3 is 0 Å². The lowest BCUT2D eigenvalue weighted by Crippen LogP contribution is -2.35. The van der Waals surface area contributed by atoms with Crippen LogP contribution in [0.4, 0.5) is 14.5 Å². The number of hydrogen-bond donors (Lipinski definition) is 2. The lowest BCUT2D eigenvalue weighted by molar-refractivity contribution is 0.0969. The number of halogens is 4. The highest BCUT2D eigenvalue weighted by Gasteiger charge is 2.19. The number of amides is 1. The van der Waals surface area contributed by atoms with Crippen molar-refractivity contribution in [1.82, 2.24) is 10.3 Å². The van der Waals surface area contributed by atoms with E-state index in [1.54, 1.807) is 19.9 Å². The van der Waals surface area contributed by atoms with Crippen molar-refractivity contribution in [3.05, 3.63) is 80.5 Å². The highest BCUT2D eigenvalue weighted by atomic mass is 35.5. The molecule has 0 aliphatic heterocycles. The Morgan fingerprint density at radius 3 is 2.33 bits per heavy atom. The van der Waals surface area contributed by atoms with Gasteiger partial charge in [-0.3, -0.25) is 10.1 Å². The van der Waals surface area contributed by atoms with Gasteiger partial charge in [-0.2, -0.15) is 5.26 Å². The molecule has 0 aliphatic carbocycles. The largest absolute Gasteiger partial charge is 0.435 e. The molecule has 168 valence electrons. The fourth-order valence-corrected chi connectivity index (χ4v) is 3.66. The van der Waals surface area contributed by atoms with Crippen LogP contribution in [0, 0.1) is 36.8 Å². The highest BCUT2D eigenvalue weighted by molar-refractivity contribution is 7.80. The van der Waals surface area contributed by atoms with Crippen LogP contribution in [0.15, 0.2) is 36.4 Å². The van der Waals surface area contributed by atoms with Crippen LogP contribution < -0.4 is 15.4 Å². The predicted molar refractivity (Wildman–Crippen MR) is 125 cm³/mol. The number of carbonyl (C=O) groups is 1. The topological polar surface area (TPSA) is 87.0 Å². The third-order valence-electron chi connectivity index (χ3n) is 4.30. The molecule has 0 aliphatic rings. The maximum atomic E-state index is 13.8. The summed E-state index contributed by atoms with van der Waals surface area (Å²) in [6.45, 7) is 3.50. The summed E-state index contributed by atoms with van der Waals surface area (Å²) in [5.41, 5.74) is 1.05. The fourth-order valence-electron chi connectivity index (χ4n) is 2.88. The summed E-state index contributed by atoms with van der Waals surface area (Å²) in [5.74, 6) is -3.01. The Hall–Kier alpha value is -3.32. The lowest BCUT2D eigenvalue weighted by atomic mass is 10.1. The van der Waals surface area contributed by atoms with Crippen LogP contribution in [0.3, 0.4) is 0 Å². The molecular formula is C22H14Cl2F2N4O2S. The molecule has 6 nitrogen and oxygen atoms in total. The second kappa shape index (κ2) is 10.1. The minimum Gasteiger partial charge on any atom is -0.435 e. The van der Waals surface area contributed by atoms with Crippen LogP contribution in [0.5, 0.6) is 11.6 Å². The zero-order valence-electron chi connectivity index (χ0n) is 17.1. The summed E-state index contributed by atoms with van der Waals surface area (Å²) in [5, 5.41) is 14.1. The van der Waals surface area contributed by atoms with E-state index in [1.165, 1.54) is 12.1 Å². The molecule has 0 saturated heterocycles. The van der Waals surface area contributed by atoms with E-state index < -0.39 is 23.1 Å². The average Bonchev–Trinajstić information content (AvgIpc) is 2.70. The number of hydrogen-bond acceptors (Lipinski definition) is 5. The first kappa shape index (κ1) is 24.3. The molecule has 1 heterocycles. The van der Waals surface area contributed by atoms with Crippen molar-refractivity contribution in [1.29, 1.82) is 5.26 Å². The van der Waals surface area contributed by atoms with E-state index in [2.05, 4.69) is 15.6 Å². The molecule has 11 heteroatoms. The van der Waals surface area contributed by atoms with E-state index >= 15 is 0 Å². The van der Waals surface area contributed by atoms with Crippen molar-refractivity contribution >= 4 is 52.1 Å². The Bertz CT molecular complexity index is 1290. The van der Waals surface area contributed by atoms with E-state index in [4.69, 9.17) is 40.2 Å². The molecule has 0 spiro atoms. The first-order chi connectivity index (χ1) is 15.6. The second-order valence-electron chi connectivity index (χ2n) is 6.75. The molecule has 3 rings (SSSR count). The Balaban J connectivity index is 1.79. The summed E-state index contributed by atoms with van der Waals surface area (Å²) < 4.78 is 33.3. The number of nitrogens with one attached hydrogen (secondary N) is 2. The Kier molecular flexibility index (Phi) is 7.43. The average molecular weight is 507 g/mol. The van der Waals surface area contributed by atoms with Crippen LogP contribution in [0.2, 0.25) is 10.0 Å². The summed E-state index contributed by atoms with van der Waals surface area (Å²) in [6.07, 6.45) is 0. The summed E-state index contributed by atoms with van der Waals surface area (Å²) in [4.78, 5) is 16.4. The van der Waals surface area contributed by atoms with Gasteiger partial charge in [0.25, 0.3) is 5.91 Å². The van der Waals surface area contributed by atoms with Crippen molar-refractivity contribution < 1.29 is 18.3 Å². The third kappa shape index (κ3) is 5.54. The van der Waals surface area contributed by atoms with Gasteiger partial charge in [0, 0.05) is 11.4 Å². The number of pyridine rings is 1. The Morgan fingerprint density at radius 2 is 1.76 bits per heavy atom. The minimum atomic E-state index is -1.06. The monoisotopic (exact) mass is 506 g/mol. The minimum absolute atomic E-state index is 0.0502. The van der Waals surface area contributed by atoms with Gasteiger partial charge in [-0.1, -0.05) is 29.3 Å². The van der Waals surface area contributed by atoms with Crippen molar-refractivity contribution in [2.24, 2.45) is 0 Å². The van der Waals surface area contributed by atoms with Gasteiger partial charge in [0.1, 0.15) is 28.8 Å². The van der Waals surface area contributed by atoms with E-state index in [0.29, 0.717) is 11.3 Å². The standard InChI is InChI=1S/C22H14Cl2F2N4O2S/c1-10-6-11(2)28-21(13(10)9-27)32-19-14(23)7-12(8-15(19)24)29-22(33)30-20(31)18-16(25)4-3-5-17(18)26/h3-8H,1-2H3,(H2,29,30,31,33). The van der Waals surface area contributed by atoms with Crippen LogP contribution in [-0.4, -0.2) is 16.0 Å². The van der Waals surface area contributed by atoms with Crippen molar-refractivity contribution in [3.63, 3.8) is 0 Å². The lowest BCUT2D eigenvalue weighted by Gasteiger charge is -2.15. The number of thiocarbonyl (C=S) groups is 1. The molecule has 0 bridgehead atoms. The molecule has 1 aromatic heterocycles. The maximum Gasteiger partial charge on any atom is 0.263 e. The van der Waals surface area contributed by atoms with Gasteiger partial charge in [0.15, 0.2) is 10.9 Å². The molecule has 0 radical (unpaired) electrons. The van der Waals surface area contributed by atoms with E-state index in [0.717, 1.165) is 18.2 Å². The molecule has 1 amide bonds. The first-order valence-corrected chi connectivity index (χ1v) is 10.4. The number of anilines is 1. The number of ether oxygens (including phenoxy) is 1. The van der Waals surface area contributed by atoms with Gasteiger partial charge in [-0.05, 0) is 62.0 Å². The molecule has 2 aromatic carbocycles. The van der Waals surface area contributed by atoms with Gasteiger partial charge < -0.3 is 10.1 Å². The predicted octanol–water partition coefficient (Wildman–Crippen LogP) is 6.07. The van der Waals surface area contributed by atoms with E-state index in [9.17, 15) is 18.8 Å². The van der Waals surface area contributed by atoms with Crippen LogP contribution in [0.1, 0.15) is 27.2 Å². The molecule has 33 heavy (non-hydrogen) atoms. The van der Waals surface area contributed by atoms with Crippen molar-refractivity contribution in [3.8, 4) is 17.7 Å². The number of benzene rings is 2. The molecule has 0 unspecified atom stereocenters. The smallest absolute Gasteiger partial charge is 0.263 e. The number of rotatable bonds is 4. The van der Waals surface area contributed by atoms with Gasteiger partial charge in [0.2, 0.25) is 5.88 Å². The maximum absolute atomic E-state index is 13.8. The zero-order chi connectivity index (χ0) is 24.3. The van der Waals surface area contributed by atoms with Gasteiger partial charge in [-0.25, -0.2) is 13.8 Å². The first-order valence-electron chi connectivity index (χ1n) is 9.22. The highest BCUT2D eigenvalue weighted by Crippen LogP contribution is 2.39. The molecule has 2 N–H and O–H groups in total. The van der Waals surface area contributed by atoms with Crippen LogP contribution in [-0.2, 0) is 0 Å². The molecule has 3 aromatic rings. The molecule has 0 saturated carbocycles. The Labute approximate surface area is 203 Å².